The van der Waals surface area contributed by atoms with Gasteiger partial charge >= 0.3 is 6.36 Å². The van der Waals surface area contributed by atoms with Gasteiger partial charge in [-0.15, -0.1) is 13.2 Å². The molecule has 17 heavy (non-hydrogen) atoms. The van der Waals surface area contributed by atoms with Gasteiger partial charge in [0.15, 0.2) is 0 Å². The van der Waals surface area contributed by atoms with Gasteiger partial charge in [-0.1, -0.05) is 10.3 Å². The van der Waals surface area contributed by atoms with Crippen molar-refractivity contribution in [3.63, 3.8) is 0 Å². The van der Waals surface area contributed by atoms with Crippen molar-refractivity contribution in [2.75, 3.05) is 0 Å². The Kier molecular flexibility index (Phi) is 2.86. The van der Waals surface area contributed by atoms with Gasteiger partial charge in [0.1, 0.15) is 11.5 Å². The Morgan fingerprint density at radius 2 is 1.71 bits per heavy atom. The van der Waals surface area contributed by atoms with Crippen molar-refractivity contribution in [1.82, 2.24) is 15.4 Å². The number of ether oxygens (including phenoxy) is 2. The van der Waals surface area contributed by atoms with Crippen LogP contribution in [0.3, 0.4) is 0 Å². The lowest BCUT2D eigenvalue weighted by atomic mass is 10.3. The number of halogens is 3. The van der Waals surface area contributed by atoms with E-state index in [-0.39, 0.29) is 11.6 Å². The fourth-order valence-corrected chi connectivity index (χ4v) is 1.07. The van der Waals surface area contributed by atoms with Gasteiger partial charge in [-0.3, -0.25) is 5.10 Å². The Morgan fingerprint density at radius 1 is 1.06 bits per heavy atom. The minimum absolute atomic E-state index is 0.217. The monoisotopic (exact) mass is 245 g/mol. The maximum atomic E-state index is 11.9. The predicted molar refractivity (Wildman–Crippen MR) is 49.6 cm³/mol. The molecule has 1 heterocycles. The highest BCUT2D eigenvalue weighted by molar-refractivity contribution is 5.33. The average molecular weight is 245 g/mol. The highest BCUT2D eigenvalue weighted by Gasteiger charge is 2.30. The van der Waals surface area contributed by atoms with E-state index in [0.717, 1.165) is 12.1 Å². The molecule has 90 valence electrons. The number of benzene rings is 1. The fourth-order valence-electron chi connectivity index (χ4n) is 1.07. The van der Waals surface area contributed by atoms with Crippen molar-refractivity contribution in [2.24, 2.45) is 0 Å². The highest BCUT2D eigenvalue weighted by atomic mass is 19.4. The average Bonchev–Trinajstić information content (AvgIpc) is 2.71. The molecule has 5 nitrogen and oxygen atoms in total. The largest absolute Gasteiger partial charge is 0.573 e. The molecule has 8 heteroatoms. The first kappa shape index (κ1) is 11.2. The van der Waals surface area contributed by atoms with Crippen molar-refractivity contribution in [2.45, 2.75) is 6.36 Å². The number of hydrogen-bond acceptors (Lipinski definition) is 4. The molecule has 0 fully saturated rings. The summed E-state index contributed by atoms with van der Waals surface area (Å²) < 4.78 is 44.5. The van der Waals surface area contributed by atoms with Crippen LogP contribution in [0.1, 0.15) is 0 Å². The van der Waals surface area contributed by atoms with Crippen LogP contribution in [-0.4, -0.2) is 21.8 Å². The minimum atomic E-state index is -4.70. The topological polar surface area (TPSA) is 60.0 Å². The summed E-state index contributed by atoms with van der Waals surface area (Å²) >= 11 is 0. The molecule has 0 bridgehead atoms. The molecule has 1 aromatic carbocycles. The van der Waals surface area contributed by atoms with Crippen LogP contribution >= 0.6 is 0 Å². The van der Waals surface area contributed by atoms with Crippen molar-refractivity contribution >= 4 is 0 Å². The number of H-pyrrole nitrogens is 1. The van der Waals surface area contributed by atoms with Crippen LogP contribution < -0.4 is 9.47 Å². The lowest BCUT2D eigenvalue weighted by molar-refractivity contribution is -0.274. The van der Waals surface area contributed by atoms with Crippen LogP contribution in [0.15, 0.2) is 30.5 Å². The molecule has 0 amide bonds. The maximum Gasteiger partial charge on any atom is 0.573 e. The van der Waals surface area contributed by atoms with Gasteiger partial charge in [-0.25, -0.2) is 0 Å². The van der Waals surface area contributed by atoms with Gasteiger partial charge in [0.25, 0.3) is 5.88 Å². The van der Waals surface area contributed by atoms with Gasteiger partial charge in [0.05, 0.1) is 6.20 Å². The Labute approximate surface area is 93.2 Å². The number of rotatable bonds is 3. The highest BCUT2D eigenvalue weighted by Crippen LogP contribution is 2.26. The normalized spacial score (nSPS) is 11.2. The van der Waals surface area contributed by atoms with Crippen molar-refractivity contribution < 1.29 is 22.6 Å². The van der Waals surface area contributed by atoms with E-state index < -0.39 is 6.36 Å². The molecule has 0 saturated heterocycles. The van der Waals surface area contributed by atoms with Crippen LogP contribution in [0, 0.1) is 0 Å². The van der Waals surface area contributed by atoms with Crippen LogP contribution in [0.4, 0.5) is 13.2 Å². The molecule has 2 rings (SSSR count). The first-order chi connectivity index (χ1) is 8.03. The minimum Gasteiger partial charge on any atom is -0.436 e. The van der Waals surface area contributed by atoms with Crippen LogP contribution in [0.2, 0.25) is 0 Å². The summed E-state index contributed by atoms with van der Waals surface area (Å²) in [5.41, 5.74) is 0. The summed E-state index contributed by atoms with van der Waals surface area (Å²) in [4.78, 5) is 0. The molecule has 0 spiro atoms. The summed E-state index contributed by atoms with van der Waals surface area (Å²) in [6.45, 7) is 0. The second-order valence-electron chi connectivity index (χ2n) is 2.93. The lowest BCUT2D eigenvalue weighted by Crippen LogP contribution is -2.16. The zero-order valence-corrected chi connectivity index (χ0v) is 8.23. The standard InChI is InChI=1S/C9H6F3N3O2/c10-9(11,12)17-7-3-1-6(2-4-7)16-8-5-13-15-14-8/h1-5H,(H,13,14,15). The van der Waals surface area contributed by atoms with E-state index in [4.69, 9.17) is 4.74 Å². The summed E-state index contributed by atoms with van der Waals surface area (Å²) in [7, 11) is 0. The second-order valence-corrected chi connectivity index (χ2v) is 2.93. The molecule has 0 aliphatic heterocycles. The smallest absolute Gasteiger partial charge is 0.436 e. The lowest BCUT2D eigenvalue weighted by Gasteiger charge is -2.08. The van der Waals surface area contributed by atoms with Crippen molar-refractivity contribution in [3.05, 3.63) is 30.5 Å². The van der Waals surface area contributed by atoms with Crippen LogP contribution in [0.5, 0.6) is 17.4 Å². The molecule has 1 aromatic heterocycles. The van der Waals surface area contributed by atoms with E-state index in [1.807, 2.05) is 0 Å². The van der Waals surface area contributed by atoms with Gasteiger partial charge in [0, 0.05) is 0 Å². The molecule has 0 saturated carbocycles. The molecule has 0 radical (unpaired) electrons. The summed E-state index contributed by atoms with van der Waals surface area (Å²) in [6.07, 6.45) is -3.30. The van der Waals surface area contributed by atoms with Gasteiger partial charge in [-0.05, 0) is 24.3 Å². The van der Waals surface area contributed by atoms with E-state index in [9.17, 15) is 13.2 Å². The number of alkyl halides is 3. The summed E-state index contributed by atoms with van der Waals surface area (Å²) in [5.74, 6) is 0.230. The number of aromatic nitrogens is 3. The zero-order chi connectivity index (χ0) is 12.3. The fraction of sp³-hybridized carbons (Fsp3) is 0.111. The third-order valence-electron chi connectivity index (χ3n) is 1.67. The first-order valence-corrected chi connectivity index (χ1v) is 4.43. The molecule has 0 unspecified atom stereocenters. The number of hydrogen-bond donors (Lipinski definition) is 1. The third-order valence-corrected chi connectivity index (χ3v) is 1.67. The third kappa shape index (κ3) is 3.37. The molecule has 0 atom stereocenters. The van der Waals surface area contributed by atoms with Gasteiger partial charge in [0.2, 0.25) is 0 Å². The van der Waals surface area contributed by atoms with E-state index in [1.54, 1.807) is 0 Å². The van der Waals surface area contributed by atoms with Gasteiger partial charge in [-0.2, -0.15) is 0 Å². The predicted octanol–water partition coefficient (Wildman–Crippen LogP) is 2.50. The van der Waals surface area contributed by atoms with E-state index in [1.165, 1.54) is 18.3 Å². The molecule has 1 N–H and O–H groups in total. The molecular weight excluding hydrogens is 239 g/mol. The van der Waals surface area contributed by atoms with E-state index in [2.05, 4.69) is 20.1 Å². The summed E-state index contributed by atoms with van der Waals surface area (Å²) in [6, 6.07) is 4.94. The SMILES string of the molecule is FC(F)(F)Oc1ccc(Oc2c[nH]nn2)cc1. The first-order valence-electron chi connectivity index (χ1n) is 4.43. The quantitative estimate of drug-likeness (QED) is 0.902. The Hall–Kier alpha value is -2.25. The molecule has 0 aliphatic rings. The number of nitrogens with zero attached hydrogens (tertiary/aromatic N) is 2. The Morgan fingerprint density at radius 3 is 2.24 bits per heavy atom. The van der Waals surface area contributed by atoms with Crippen LogP contribution in [0.25, 0.3) is 0 Å². The molecule has 0 aliphatic carbocycles. The second kappa shape index (κ2) is 4.32. The van der Waals surface area contributed by atoms with Gasteiger partial charge < -0.3 is 9.47 Å². The summed E-state index contributed by atoms with van der Waals surface area (Å²) in [5, 5.41) is 9.40. The van der Waals surface area contributed by atoms with E-state index >= 15 is 0 Å². The molecular formula is C9H6F3N3O2. The Bertz CT molecular complexity index is 467. The van der Waals surface area contributed by atoms with E-state index in [0.29, 0.717) is 5.75 Å². The maximum absolute atomic E-state index is 11.9. The van der Waals surface area contributed by atoms with Crippen molar-refractivity contribution in [1.29, 1.82) is 0 Å². The van der Waals surface area contributed by atoms with Crippen LogP contribution in [-0.2, 0) is 0 Å². The van der Waals surface area contributed by atoms with Crippen molar-refractivity contribution in [3.8, 4) is 17.4 Å². The molecule has 2 aromatic rings. The number of nitrogens with one attached hydrogen (secondary N) is 1. The Balaban J connectivity index is 2.03. The zero-order valence-electron chi connectivity index (χ0n) is 8.23. The number of aromatic amines is 1.